The fraction of sp³-hybridized carbons (Fsp3) is 0.357. The molecule has 0 saturated carbocycles. The van der Waals surface area contributed by atoms with Crippen molar-refractivity contribution in [1.29, 1.82) is 0 Å². The Bertz CT molecular complexity index is 787. The van der Waals surface area contributed by atoms with Crippen molar-refractivity contribution < 1.29 is 19.4 Å². The molecule has 1 aliphatic heterocycles. The predicted molar refractivity (Wildman–Crippen MR) is 73.4 cm³/mol. The minimum Gasteiger partial charge on any atom is -0.622 e. The van der Waals surface area contributed by atoms with E-state index in [9.17, 15) is 15.5 Å². The van der Waals surface area contributed by atoms with Gasteiger partial charge in [-0.2, -0.15) is 4.74 Å². The summed E-state index contributed by atoms with van der Waals surface area (Å²) < 4.78 is 5.24. The van der Waals surface area contributed by atoms with Crippen molar-refractivity contribution in [3.05, 3.63) is 57.7 Å². The average Bonchev–Trinajstić information content (AvgIpc) is 3.00. The van der Waals surface area contributed by atoms with E-state index in [0.29, 0.717) is 16.0 Å². The zero-order chi connectivity index (χ0) is 15.5. The van der Waals surface area contributed by atoms with Gasteiger partial charge in [-0.15, -0.1) is 0 Å². The fourth-order valence-corrected chi connectivity index (χ4v) is 3.42. The van der Waals surface area contributed by atoms with Crippen LogP contribution < -0.4 is 10.6 Å². The standard InChI is InChI=1S/C14H14N4O4/c15-14-7-6-10-12(16-22-18(10)21)13(14,19)8-11(17(14)20)9-4-2-1-3-5-9/h1-5,19H,6-8,15H2/t13-,14+/m1/s1. The lowest BCUT2D eigenvalue weighted by Crippen LogP contribution is -2.63. The van der Waals surface area contributed by atoms with E-state index in [-0.39, 0.29) is 35.6 Å². The number of benzene rings is 1. The molecule has 2 aliphatic rings. The third-order valence-electron chi connectivity index (χ3n) is 4.69. The number of rotatable bonds is 1. The second-order valence-electron chi connectivity index (χ2n) is 5.79. The number of aliphatic hydroxyl groups is 1. The third-order valence-corrected chi connectivity index (χ3v) is 4.69. The highest BCUT2D eigenvalue weighted by atomic mass is 16.8. The van der Waals surface area contributed by atoms with Gasteiger partial charge in [0.2, 0.25) is 11.3 Å². The summed E-state index contributed by atoms with van der Waals surface area (Å²) in [5, 5.41) is 39.0. The molecule has 1 aromatic heterocycles. The number of hydroxylamine groups is 1. The first-order valence-electron chi connectivity index (χ1n) is 6.96. The Morgan fingerprint density at radius 2 is 2.00 bits per heavy atom. The molecule has 2 atom stereocenters. The topological polar surface area (TPSA) is 125 Å². The quantitative estimate of drug-likeness (QED) is 0.540. The Labute approximate surface area is 125 Å². The van der Waals surface area contributed by atoms with E-state index in [2.05, 4.69) is 9.79 Å². The Hall–Kier alpha value is -2.45. The molecule has 114 valence electrons. The van der Waals surface area contributed by atoms with Crippen LogP contribution in [0, 0.1) is 10.4 Å². The number of fused-ring (bicyclic) bond motifs is 3. The van der Waals surface area contributed by atoms with Gasteiger partial charge in [0.25, 0.3) is 11.4 Å². The maximum Gasteiger partial charge on any atom is 0.262 e. The summed E-state index contributed by atoms with van der Waals surface area (Å²) in [7, 11) is 0. The molecule has 1 aliphatic carbocycles. The van der Waals surface area contributed by atoms with Gasteiger partial charge in [-0.1, -0.05) is 18.2 Å². The molecule has 22 heavy (non-hydrogen) atoms. The summed E-state index contributed by atoms with van der Waals surface area (Å²) >= 11 is 0. The summed E-state index contributed by atoms with van der Waals surface area (Å²) in [5.41, 5.74) is 4.29. The molecule has 0 spiro atoms. The maximum atomic E-state index is 12.7. The van der Waals surface area contributed by atoms with Gasteiger partial charge in [0.05, 0.1) is 6.42 Å². The van der Waals surface area contributed by atoms with Crippen LogP contribution in [0.25, 0.3) is 0 Å². The van der Waals surface area contributed by atoms with Crippen molar-refractivity contribution in [3.63, 3.8) is 0 Å². The molecule has 1 aromatic carbocycles. The number of hydrogen-bond acceptors (Lipinski definition) is 6. The van der Waals surface area contributed by atoms with Gasteiger partial charge in [-0.05, 0) is 17.0 Å². The van der Waals surface area contributed by atoms with Gasteiger partial charge in [0.1, 0.15) is 0 Å². The number of nitrogens with zero attached hydrogens (tertiary/aromatic N) is 3. The first kappa shape index (κ1) is 13.2. The van der Waals surface area contributed by atoms with E-state index in [1.54, 1.807) is 24.3 Å². The molecule has 0 fully saturated rings. The van der Waals surface area contributed by atoms with Crippen LogP contribution in [0.4, 0.5) is 0 Å². The highest BCUT2D eigenvalue weighted by Gasteiger charge is 2.69. The van der Waals surface area contributed by atoms with E-state index in [0.717, 1.165) is 0 Å². The third kappa shape index (κ3) is 1.40. The largest absolute Gasteiger partial charge is 0.622 e. The molecule has 0 unspecified atom stereocenters. The lowest BCUT2D eigenvalue weighted by Gasteiger charge is -2.35. The first-order valence-corrected chi connectivity index (χ1v) is 6.96. The van der Waals surface area contributed by atoms with Gasteiger partial charge < -0.3 is 15.5 Å². The van der Waals surface area contributed by atoms with Crippen molar-refractivity contribution >= 4 is 5.71 Å². The summed E-state index contributed by atoms with van der Waals surface area (Å²) in [6.45, 7) is 0. The van der Waals surface area contributed by atoms with Gasteiger partial charge in [-0.3, -0.25) is 10.4 Å². The number of hydrogen-bond donors (Lipinski definition) is 2. The fourth-order valence-electron chi connectivity index (χ4n) is 3.42. The monoisotopic (exact) mass is 302 g/mol. The molecule has 3 N–H and O–H groups in total. The SMILES string of the molecule is N[C@]12CCc3c(no[n+]3[O-])[C@]1(O)CC(c1ccccc1)=[N+]2[O-]. The van der Waals surface area contributed by atoms with Crippen LogP contribution >= 0.6 is 0 Å². The van der Waals surface area contributed by atoms with Crippen LogP contribution in [0.1, 0.15) is 29.8 Å². The van der Waals surface area contributed by atoms with Crippen molar-refractivity contribution in [3.8, 4) is 0 Å². The van der Waals surface area contributed by atoms with E-state index >= 15 is 0 Å². The summed E-state index contributed by atoms with van der Waals surface area (Å²) in [6.07, 6.45) is 0.346. The smallest absolute Gasteiger partial charge is 0.262 e. The minimum absolute atomic E-state index is 0.0173. The second-order valence-corrected chi connectivity index (χ2v) is 5.79. The zero-order valence-corrected chi connectivity index (χ0v) is 11.6. The summed E-state index contributed by atoms with van der Waals surface area (Å²) in [5.74, 6) is 0. The van der Waals surface area contributed by atoms with Crippen LogP contribution in [-0.4, -0.2) is 26.4 Å². The van der Waals surface area contributed by atoms with Crippen LogP contribution in [-0.2, 0) is 12.0 Å². The lowest BCUT2D eigenvalue weighted by atomic mass is 9.75. The highest BCUT2D eigenvalue weighted by molar-refractivity contribution is 5.99. The Morgan fingerprint density at radius 3 is 2.73 bits per heavy atom. The molecular weight excluding hydrogens is 288 g/mol. The van der Waals surface area contributed by atoms with E-state index in [4.69, 9.17) is 5.73 Å². The van der Waals surface area contributed by atoms with Crippen molar-refractivity contribution in [1.82, 2.24) is 5.16 Å². The number of aromatic nitrogens is 2. The highest BCUT2D eigenvalue weighted by Crippen LogP contribution is 2.46. The van der Waals surface area contributed by atoms with Crippen LogP contribution in [0.5, 0.6) is 0 Å². The molecule has 8 heteroatoms. The molecule has 2 heterocycles. The lowest BCUT2D eigenvalue weighted by molar-refractivity contribution is -0.808. The molecule has 2 aromatic rings. The van der Waals surface area contributed by atoms with E-state index in [1.807, 2.05) is 6.07 Å². The van der Waals surface area contributed by atoms with Gasteiger partial charge in [0.15, 0.2) is 5.71 Å². The molecule has 4 rings (SSSR count). The first-order chi connectivity index (χ1) is 10.5. The van der Waals surface area contributed by atoms with Crippen LogP contribution in [0.2, 0.25) is 0 Å². The normalized spacial score (nSPS) is 30.3. The molecule has 8 nitrogen and oxygen atoms in total. The maximum absolute atomic E-state index is 12.7. The summed E-state index contributed by atoms with van der Waals surface area (Å²) in [6, 6.07) is 9.00. The molecular formula is C14H14N4O4. The molecule has 0 saturated heterocycles. The van der Waals surface area contributed by atoms with E-state index < -0.39 is 11.3 Å². The zero-order valence-electron chi connectivity index (χ0n) is 11.6. The van der Waals surface area contributed by atoms with Crippen LogP contribution in [0.3, 0.4) is 0 Å². The second kappa shape index (κ2) is 4.05. The Kier molecular flexibility index (Phi) is 2.44. The Morgan fingerprint density at radius 1 is 1.27 bits per heavy atom. The van der Waals surface area contributed by atoms with Gasteiger partial charge >= 0.3 is 0 Å². The minimum atomic E-state index is -1.74. The molecule has 0 amide bonds. The summed E-state index contributed by atoms with van der Waals surface area (Å²) in [4.78, 5) is 0.266. The average molecular weight is 302 g/mol. The Balaban J connectivity index is 1.89. The van der Waals surface area contributed by atoms with Crippen molar-refractivity contribution in [2.45, 2.75) is 30.5 Å². The predicted octanol–water partition coefficient (Wildman–Crippen LogP) is -0.500. The van der Waals surface area contributed by atoms with Crippen molar-refractivity contribution in [2.24, 2.45) is 5.73 Å². The molecule has 0 bridgehead atoms. The van der Waals surface area contributed by atoms with E-state index in [1.165, 1.54) is 0 Å². The van der Waals surface area contributed by atoms with Gasteiger partial charge in [-0.25, -0.2) is 0 Å². The van der Waals surface area contributed by atoms with Gasteiger partial charge in [0, 0.05) is 23.6 Å². The van der Waals surface area contributed by atoms with Crippen molar-refractivity contribution in [2.75, 3.05) is 0 Å². The number of nitrogens with two attached hydrogens (primary N) is 1. The van der Waals surface area contributed by atoms with Crippen LogP contribution in [0.15, 0.2) is 35.0 Å². The molecule has 0 radical (unpaired) electrons.